The number of hydrogen-bond donors (Lipinski definition) is 2. The van der Waals surface area contributed by atoms with Crippen LogP contribution in [0.2, 0.25) is 0 Å². The molecular formula is C14H23N3O6S2. The van der Waals surface area contributed by atoms with Crippen LogP contribution < -0.4 is 14.8 Å². The summed E-state index contributed by atoms with van der Waals surface area (Å²) >= 11 is 0. The Hall–Kier alpha value is -1.85. The van der Waals surface area contributed by atoms with Gasteiger partial charge in [0.2, 0.25) is 10.0 Å². The summed E-state index contributed by atoms with van der Waals surface area (Å²) in [5.74, 6) is 0.143. The standard InChI is InChI=1S/C14H23N3O6S2/c1-5-6-9-15-14(18)16-24(19,20)13-10-11(23-4)7-8-12(13)25(21,22)17(2)3/h7-8,10H,5-6,9H2,1-4H3,(H2,15,16,18). The lowest BCUT2D eigenvalue weighted by Crippen LogP contribution is -2.40. The van der Waals surface area contributed by atoms with Crippen LogP contribution >= 0.6 is 0 Å². The molecule has 0 aliphatic carbocycles. The number of benzene rings is 1. The zero-order chi connectivity index (χ0) is 19.3. The number of nitrogens with zero attached hydrogens (tertiary/aromatic N) is 1. The van der Waals surface area contributed by atoms with Gasteiger partial charge < -0.3 is 10.1 Å². The largest absolute Gasteiger partial charge is 0.497 e. The summed E-state index contributed by atoms with van der Waals surface area (Å²) in [5, 5.41) is 2.40. The van der Waals surface area contributed by atoms with Crippen LogP contribution in [-0.2, 0) is 20.0 Å². The van der Waals surface area contributed by atoms with E-state index in [-0.39, 0.29) is 5.75 Å². The highest BCUT2D eigenvalue weighted by Crippen LogP contribution is 2.27. The average molecular weight is 393 g/mol. The fraction of sp³-hybridized carbons (Fsp3) is 0.500. The minimum atomic E-state index is -4.42. The highest BCUT2D eigenvalue weighted by Gasteiger charge is 2.30. The first-order valence-electron chi connectivity index (χ1n) is 7.47. The van der Waals surface area contributed by atoms with Gasteiger partial charge in [-0.15, -0.1) is 0 Å². The van der Waals surface area contributed by atoms with Crippen LogP contribution in [0.3, 0.4) is 0 Å². The lowest BCUT2D eigenvalue weighted by molar-refractivity contribution is 0.245. The third kappa shape index (κ3) is 5.31. The summed E-state index contributed by atoms with van der Waals surface area (Å²) in [6, 6.07) is 2.58. The molecule has 1 aromatic rings. The number of urea groups is 1. The fourth-order valence-corrected chi connectivity index (χ4v) is 4.45. The molecule has 0 saturated carbocycles. The van der Waals surface area contributed by atoms with Gasteiger partial charge in [-0.2, -0.15) is 0 Å². The van der Waals surface area contributed by atoms with Crippen molar-refractivity contribution in [2.75, 3.05) is 27.7 Å². The van der Waals surface area contributed by atoms with Crippen molar-refractivity contribution in [3.8, 4) is 5.75 Å². The second kappa shape index (κ2) is 8.50. The van der Waals surface area contributed by atoms with Crippen molar-refractivity contribution in [3.05, 3.63) is 18.2 Å². The molecule has 0 heterocycles. The zero-order valence-corrected chi connectivity index (χ0v) is 16.2. The van der Waals surface area contributed by atoms with E-state index in [0.717, 1.165) is 22.9 Å². The molecule has 0 unspecified atom stereocenters. The Morgan fingerprint density at radius 3 is 2.32 bits per heavy atom. The predicted molar refractivity (Wildman–Crippen MR) is 92.5 cm³/mol. The average Bonchev–Trinajstić information content (AvgIpc) is 2.53. The maximum Gasteiger partial charge on any atom is 0.328 e. The maximum absolute atomic E-state index is 12.5. The summed E-state index contributed by atoms with van der Waals surface area (Å²) in [6.45, 7) is 2.23. The minimum Gasteiger partial charge on any atom is -0.497 e. The molecule has 25 heavy (non-hydrogen) atoms. The van der Waals surface area contributed by atoms with Gasteiger partial charge in [0, 0.05) is 26.7 Å². The van der Waals surface area contributed by atoms with E-state index in [4.69, 9.17) is 4.74 Å². The Labute approximate surface area is 148 Å². The fourth-order valence-electron chi connectivity index (χ4n) is 1.83. The molecule has 0 aromatic heterocycles. The molecule has 2 N–H and O–H groups in total. The molecule has 9 nitrogen and oxygen atoms in total. The highest BCUT2D eigenvalue weighted by molar-refractivity contribution is 7.92. The monoisotopic (exact) mass is 393 g/mol. The van der Waals surface area contributed by atoms with E-state index >= 15 is 0 Å². The molecule has 0 fully saturated rings. The van der Waals surface area contributed by atoms with Gasteiger partial charge in [0.25, 0.3) is 10.0 Å². The maximum atomic E-state index is 12.5. The first-order valence-corrected chi connectivity index (χ1v) is 10.4. The molecule has 0 aliphatic heterocycles. The number of rotatable bonds is 8. The predicted octanol–water partition coefficient (Wildman–Crippen LogP) is 0.734. The summed E-state index contributed by atoms with van der Waals surface area (Å²) < 4.78 is 57.5. The van der Waals surface area contributed by atoms with Gasteiger partial charge in [-0.1, -0.05) is 13.3 Å². The van der Waals surface area contributed by atoms with E-state index in [1.54, 1.807) is 0 Å². The number of nitrogens with one attached hydrogen (secondary N) is 2. The van der Waals surface area contributed by atoms with Crippen molar-refractivity contribution in [3.63, 3.8) is 0 Å². The minimum absolute atomic E-state index is 0.143. The van der Waals surface area contributed by atoms with Crippen molar-refractivity contribution < 1.29 is 26.4 Å². The van der Waals surface area contributed by atoms with Gasteiger partial charge >= 0.3 is 6.03 Å². The zero-order valence-electron chi connectivity index (χ0n) is 14.6. The van der Waals surface area contributed by atoms with Gasteiger partial charge in [0.1, 0.15) is 15.5 Å². The van der Waals surface area contributed by atoms with Crippen LogP contribution in [0.25, 0.3) is 0 Å². The Morgan fingerprint density at radius 2 is 1.80 bits per heavy atom. The Bertz CT molecular complexity index is 819. The van der Waals surface area contributed by atoms with Gasteiger partial charge in [-0.3, -0.25) is 0 Å². The summed E-state index contributed by atoms with van der Waals surface area (Å²) in [6.07, 6.45) is 1.51. The topological polar surface area (TPSA) is 122 Å². The molecule has 1 aromatic carbocycles. The van der Waals surface area contributed by atoms with Crippen molar-refractivity contribution in [2.45, 2.75) is 29.6 Å². The normalized spacial score (nSPS) is 12.0. The number of sulfonamides is 2. The first-order chi connectivity index (χ1) is 11.6. The molecule has 0 bridgehead atoms. The van der Waals surface area contributed by atoms with E-state index in [1.807, 2.05) is 11.6 Å². The second-order valence-electron chi connectivity index (χ2n) is 5.32. The number of carbonyl (C=O) groups excluding carboxylic acids is 1. The number of unbranched alkanes of at least 4 members (excludes halogenated alkanes) is 1. The Morgan fingerprint density at radius 1 is 1.16 bits per heavy atom. The molecule has 0 saturated heterocycles. The van der Waals surface area contributed by atoms with Crippen molar-refractivity contribution in [1.29, 1.82) is 0 Å². The number of ether oxygens (including phenoxy) is 1. The van der Waals surface area contributed by atoms with Crippen molar-refractivity contribution in [1.82, 2.24) is 14.3 Å². The van der Waals surface area contributed by atoms with Gasteiger partial charge in [0.05, 0.1) is 7.11 Å². The summed E-state index contributed by atoms with van der Waals surface area (Å²) in [4.78, 5) is 10.7. The number of amides is 2. The number of hydrogen-bond acceptors (Lipinski definition) is 6. The third-order valence-electron chi connectivity index (χ3n) is 3.24. The molecule has 11 heteroatoms. The molecule has 0 aliphatic rings. The number of methoxy groups -OCH3 is 1. The highest BCUT2D eigenvalue weighted by atomic mass is 32.2. The molecule has 0 radical (unpaired) electrons. The molecule has 0 spiro atoms. The summed E-state index contributed by atoms with van der Waals surface area (Å²) in [5.41, 5.74) is 0. The Kier molecular flexibility index (Phi) is 7.20. The first kappa shape index (κ1) is 21.2. The van der Waals surface area contributed by atoms with E-state index in [9.17, 15) is 21.6 Å². The van der Waals surface area contributed by atoms with Gasteiger partial charge in [-0.25, -0.2) is 30.7 Å². The van der Waals surface area contributed by atoms with Crippen molar-refractivity contribution >= 4 is 26.1 Å². The summed E-state index contributed by atoms with van der Waals surface area (Å²) in [7, 11) is -4.60. The number of carbonyl (C=O) groups is 1. The second-order valence-corrected chi connectivity index (χ2v) is 9.09. The van der Waals surface area contributed by atoms with Crippen LogP contribution in [0, 0.1) is 0 Å². The van der Waals surface area contributed by atoms with E-state index < -0.39 is 35.9 Å². The van der Waals surface area contributed by atoms with Crippen molar-refractivity contribution in [2.24, 2.45) is 0 Å². The third-order valence-corrected chi connectivity index (χ3v) is 6.62. The van der Waals surface area contributed by atoms with Gasteiger partial charge in [-0.05, 0) is 18.6 Å². The molecule has 0 atom stereocenters. The molecule has 142 valence electrons. The smallest absolute Gasteiger partial charge is 0.328 e. The van der Waals surface area contributed by atoms with E-state index in [0.29, 0.717) is 13.0 Å². The molecular weight excluding hydrogens is 370 g/mol. The van der Waals surface area contributed by atoms with Crippen LogP contribution in [0.5, 0.6) is 5.75 Å². The van der Waals surface area contributed by atoms with Crippen LogP contribution in [0.4, 0.5) is 4.79 Å². The Balaban J connectivity index is 3.31. The van der Waals surface area contributed by atoms with Crippen LogP contribution in [0.1, 0.15) is 19.8 Å². The van der Waals surface area contributed by atoms with E-state index in [1.165, 1.54) is 27.3 Å². The molecule has 1 rings (SSSR count). The quantitative estimate of drug-likeness (QED) is 0.628. The van der Waals surface area contributed by atoms with Crippen LogP contribution in [-0.4, -0.2) is 54.9 Å². The van der Waals surface area contributed by atoms with Crippen LogP contribution in [0.15, 0.2) is 28.0 Å². The SMILES string of the molecule is CCCCNC(=O)NS(=O)(=O)c1cc(OC)ccc1S(=O)(=O)N(C)C. The lowest BCUT2D eigenvalue weighted by Gasteiger charge is -2.16. The molecule has 2 amide bonds. The lowest BCUT2D eigenvalue weighted by atomic mass is 10.3. The van der Waals surface area contributed by atoms with Gasteiger partial charge in [0.15, 0.2) is 0 Å². The van der Waals surface area contributed by atoms with E-state index in [2.05, 4.69) is 5.32 Å².